The largest absolute Gasteiger partial charge is 0.389 e. The van der Waals surface area contributed by atoms with Crippen molar-refractivity contribution in [2.75, 3.05) is 30.5 Å². The molecule has 1 aromatic rings. The average molecular weight is 225 g/mol. The molecule has 0 fully saturated rings. The third-order valence-corrected chi connectivity index (χ3v) is 3.04. The predicted octanol–water partition coefficient (Wildman–Crippen LogP) is 2.54. The molecule has 0 amide bonds. The van der Waals surface area contributed by atoms with Gasteiger partial charge in [0.05, 0.1) is 6.10 Å². The number of hydrogen-bond donors (Lipinski definition) is 1. The van der Waals surface area contributed by atoms with Gasteiger partial charge < -0.3 is 10.0 Å². The molecule has 0 aromatic heterocycles. The number of hydrogen-bond acceptors (Lipinski definition) is 3. The Morgan fingerprint density at radius 1 is 1.33 bits per heavy atom. The van der Waals surface area contributed by atoms with E-state index in [0.29, 0.717) is 0 Å². The molecule has 0 aliphatic heterocycles. The minimum Gasteiger partial charge on any atom is -0.389 e. The standard InChI is InChI=1S/C12H19NOS/c1-10(14)11-4-6-12(7-5-11)13(2)8-9-15-3/h4-7,10,14H,8-9H2,1-3H3. The van der Waals surface area contributed by atoms with Crippen LogP contribution < -0.4 is 4.90 Å². The first-order valence-electron chi connectivity index (χ1n) is 5.13. The van der Waals surface area contributed by atoms with Gasteiger partial charge in [-0.25, -0.2) is 0 Å². The first-order valence-corrected chi connectivity index (χ1v) is 6.52. The molecule has 1 N–H and O–H groups in total. The smallest absolute Gasteiger partial charge is 0.0761 e. The van der Waals surface area contributed by atoms with Gasteiger partial charge in [-0.05, 0) is 30.9 Å². The Balaban J connectivity index is 2.62. The lowest BCUT2D eigenvalue weighted by molar-refractivity contribution is 0.199. The Morgan fingerprint density at radius 3 is 2.40 bits per heavy atom. The fourth-order valence-corrected chi connectivity index (χ4v) is 1.82. The van der Waals surface area contributed by atoms with Crippen LogP contribution in [0.4, 0.5) is 5.69 Å². The van der Waals surface area contributed by atoms with Crippen molar-refractivity contribution >= 4 is 17.4 Å². The van der Waals surface area contributed by atoms with Gasteiger partial charge in [0.1, 0.15) is 0 Å². The number of nitrogens with zero attached hydrogens (tertiary/aromatic N) is 1. The molecular weight excluding hydrogens is 206 g/mol. The Hall–Kier alpha value is -0.670. The summed E-state index contributed by atoms with van der Waals surface area (Å²) in [4.78, 5) is 2.22. The monoisotopic (exact) mass is 225 g/mol. The van der Waals surface area contributed by atoms with E-state index in [2.05, 4.69) is 30.3 Å². The third kappa shape index (κ3) is 3.76. The quantitative estimate of drug-likeness (QED) is 0.833. The maximum absolute atomic E-state index is 9.38. The van der Waals surface area contributed by atoms with Crippen LogP contribution in [-0.2, 0) is 0 Å². The van der Waals surface area contributed by atoms with Crippen LogP contribution >= 0.6 is 11.8 Å². The fourth-order valence-electron chi connectivity index (χ4n) is 1.36. The summed E-state index contributed by atoms with van der Waals surface area (Å²) in [7, 11) is 2.09. The number of benzene rings is 1. The molecule has 84 valence electrons. The van der Waals surface area contributed by atoms with Gasteiger partial charge in [-0.3, -0.25) is 0 Å². The van der Waals surface area contributed by atoms with Crippen LogP contribution in [0.25, 0.3) is 0 Å². The lowest BCUT2D eigenvalue weighted by Gasteiger charge is -2.19. The molecule has 15 heavy (non-hydrogen) atoms. The van der Waals surface area contributed by atoms with E-state index >= 15 is 0 Å². The third-order valence-electron chi connectivity index (χ3n) is 2.45. The highest BCUT2D eigenvalue weighted by Crippen LogP contribution is 2.18. The second-order valence-corrected chi connectivity index (χ2v) is 4.67. The van der Waals surface area contributed by atoms with Crippen molar-refractivity contribution in [1.29, 1.82) is 0 Å². The molecular formula is C12H19NOS. The first kappa shape index (κ1) is 12.4. The van der Waals surface area contributed by atoms with Crippen molar-refractivity contribution in [2.45, 2.75) is 13.0 Å². The molecule has 0 aliphatic carbocycles. The zero-order chi connectivity index (χ0) is 11.3. The van der Waals surface area contributed by atoms with Crippen LogP contribution in [0.3, 0.4) is 0 Å². The highest BCUT2D eigenvalue weighted by Gasteiger charge is 2.02. The molecule has 0 heterocycles. The maximum atomic E-state index is 9.38. The second-order valence-electron chi connectivity index (χ2n) is 3.68. The minimum atomic E-state index is -0.379. The van der Waals surface area contributed by atoms with E-state index in [4.69, 9.17) is 0 Å². The van der Waals surface area contributed by atoms with Gasteiger partial charge in [0.15, 0.2) is 0 Å². The fraction of sp³-hybridized carbons (Fsp3) is 0.500. The van der Waals surface area contributed by atoms with Crippen molar-refractivity contribution in [3.63, 3.8) is 0 Å². The summed E-state index contributed by atoms with van der Waals surface area (Å²) < 4.78 is 0. The number of aliphatic hydroxyl groups excluding tert-OH is 1. The summed E-state index contributed by atoms with van der Waals surface area (Å²) >= 11 is 1.85. The summed E-state index contributed by atoms with van der Waals surface area (Å²) in [5.74, 6) is 1.13. The van der Waals surface area contributed by atoms with E-state index < -0.39 is 0 Å². The number of thioether (sulfide) groups is 1. The normalized spacial score (nSPS) is 12.5. The Bertz CT molecular complexity index is 284. The molecule has 0 bridgehead atoms. The zero-order valence-corrected chi connectivity index (χ0v) is 10.4. The van der Waals surface area contributed by atoms with Gasteiger partial charge >= 0.3 is 0 Å². The topological polar surface area (TPSA) is 23.5 Å². The summed E-state index contributed by atoms with van der Waals surface area (Å²) in [5, 5.41) is 9.38. The van der Waals surface area contributed by atoms with E-state index in [0.717, 1.165) is 17.9 Å². The SMILES string of the molecule is CSCCN(C)c1ccc(C(C)O)cc1. The van der Waals surface area contributed by atoms with Crippen LogP contribution in [0.1, 0.15) is 18.6 Å². The van der Waals surface area contributed by atoms with Gasteiger partial charge in [0.25, 0.3) is 0 Å². The zero-order valence-electron chi connectivity index (χ0n) is 9.60. The molecule has 1 unspecified atom stereocenters. The van der Waals surface area contributed by atoms with Gasteiger partial charge in [-0.2, -0.15) is 11.8 Å². The molecule has 3 heteroatoms. The molecule has 1 atom stereocenters. The highest BCUT2D eigenvalue weighted by molar-refractivity contribution is 7.98. The lowest BCUT2D eigenvalue weighted by Crippen LogP contribution is -2.19. The average Bonchev–Trinajstić information content (AvgIpc) is 2.26. The summed E-state index contributed by atoms with van der Waals surface area (Å²) in [6, 6.07) is 8.08. The molecule has 0 radical (unpaired) electrons. The predicted molar refractivity (Wildman–Crippen MR) is 68.7 cm³/mol. The van der Waals surface area contributed by atoms with E-state index in [1.165, 1.54) is 5.69 Å². The molecule has 0 saturated heterocycles. The van der Waals surface area contributed by atoms with Crippen LogP contribution in [0, 0.1) is 0 Å². The van der Waals surface area contributed by atoms with Crippen molar-refractivity contribution in [3.05, 3.63) is 29.8 Å². The number of aliphatic hydroxyl groups is 1. The Labute approximate surface area is 96.3 Å². The Kier molecular flexibility index (Phi) is 4.99. The molecule has 0 spiro atoms. The Morgan fingerprint density at radius 2 is 1.93 bits per heavy atom. The van der Waals surface area contributed by atoms with Crippen LogP contribution in [-0.4, -0.2) is 30.7 Å². The van der Waals surface area contributed by atoms with E-state index in [-0.39, 0.29) is 6.10 Å². The molecule has 2 nitrogen and oxygen atoms in total. The summed E-state index contributed by atoms with van der Waals surface area (Å²) in [6.45, 7) is 2.83. The van der Waals surface area contributed by atoms with Gasteiger partial charge in [-0.1, -0.05) is 12.1 Å². The highest BCUT2D eigenvalue weighted by atomic mass is 32.2. The summed E-state index contributed by atoms with van der Waals surface area (Å²) in [6.07, 6.45) is 1.74. The van der Waals surface area contributed by atoms with Crippen molar-refractivity contribution < 1.29 is 5.11 Å². The van der Waals surface area contributed by atoms with Gasteiger partial charge in [-0.15, -0.1) is 0 Å². The minimum absolute atomic E-state index is 0.379. The lowest BCUT2D eigenvalue weighted by atomic mass is 10.1. The van der Waals surface area contributed by atoms with Gasteiger partial charge in [0, 0.05) is 25.0 Å². The molecule has 1 rings (SSSR count). The van der Waals surface area contributed by atoms with Crippen molar-refractivity contribution in [2.24, 2.45) is 0 Å². The maximum Gasteiger partial charge on any atom is 0.0761 e. The van der Waals surface area contributed by atoms with Crippen LogP contribution in [0.15, 0.2) is 24.3 Å². The number of rotatable bonds is 5. The van der Waals surface area contributed by atoms with E-state index in [1.807, 2.05) is 23.9 Å². The number of anilines is 1. The van der Waals surface area contributed by atoms with Crippen molar-refractivity contribution in [3.8, 4) is 0 Å². The first-order chi connectivity index (χ1) is 7.15. The van der Waals surface area contributed by atoms with Gasteiger partial charge in [0.2, 0.25) is 0 Å². The molecule has 1 aromatic carbocycles. The van der Waals surface area contributed by atoms with Crippen LogP contribution in [0.5, 0.6) is 0 Å². The van der Waals surface area contributed by atoms with E-state index in [9.17, 15) is 5.11 Å². The van der Waals surface area contributed by atoms with Crippen molar-refractivity contribution in [1.82, 2.24) is 0 Å². The summed E-state index contributed by atoms with van der Waals surface area (Å²) in [5.41, 5.74) is 2.17. The van der Waals surface area contributed by atoms with Crippen LogP contribution in [0.2, 0.25) is 0 Å². The second kappa shape index (κ2) is 6.03. The molecule has 0 saturated carbocycles. The van der Waals surface area contributed by atoms with E-state index in [1.54, 1.807) is 6.92 Å². The molecule has 0 aliphatic rings.